The highest BCUT2D eigenvalue weighted by atomic mass is 32.1. The van der Waals surface area contributed by atoms with Crippen molar-refractivity contribution in [2.75, 3.05) is 9.80 Å². The van der Waals surface area contributed by atoms with Gasteiger partial charge in [-0.2, -0.15) is 0 Å². The van der Waals surface area contributed by atoms with Crippen molar-refractivity contribution >= 4 is 163 Å². The molecular formula is C82H48N4S4. The Morgan fingerprint density at radius 1 is 0.244 bits per heavy atom. The number of thiophene rings is 4. The van der Waals surface area contributed by atoms with E-state index in [0.717, 1.165) is 11.4 Å². The summed E-state index contributed by atoms with van der Waals surface area (Å²) in [6, 6.07) is 111. The van der Waals surface area contributed by atoms with Gasteiger partial charge >= 0.3 is 0 Å². The van der Waals surface area contributed by atoms with Crippen LogP contribution >= 0.6 is 45.3 Å². The van der Waals surface area contributed by atoms with Gasteiger partial charge in [-0.05, 0) is 118 Å². The molecule has 90 heavy (non-hydrogen) atoms. The van der Waals surface area contributed by atoms with E-state index in [-0.39, 0.29) is 0 Å². The van der Waals surface area contributed by atoms with Gasteiger partial charge in [-0.25, -0.2) is 0 Å². The average Bonchev–Trinajstić information content (AvgIpc) is 1.27. The average molecular weight is 1220 g/mol. The van der Waals surface area contributed by atoms with E-state index in [0.29, 0.717) is 0 Å². The van der Waals surface area contributed by atoms with Crippen LogP contribution in [0, 0.1) is 0 Å². The van der Waals surface area contributed by atoms with Gasteiger partial charge in [0.25, 0.3) is 0 Å². The summed E-state index contributed by atoms with van der Waals surface area (Å²) >= 11 is 7.83. The van der Waals surface area contributed by atoms with Crippen LogP contribution in [0.5, 0.6) is 0 Å². The standard InChI is InChI=1S/C82H48N4S4/c1-3-23-49(24-4-1)83-67-37-17-11-31-59(67)81(60-32-12-18-38-68(60)83)63-47-73(85-65-35-15-7-27-51(65)55-43-45-57-53-29-9-21-41-71(53)87-77(57)75(55)85)90-80(63)82(61-33-13-19-39-69(61)84(50-25-5-2-6-26-50)70-40-20-14-34-62(70)82)64-48-74(89-79(64)81)86-66-36-16-8-28-52(66)56-44-46-58-54-30-10-22-42-72(54)88-78(58)76(56)86/h1-48H. The second-order valence-corrected chi connectivity index (χ2v) is 28.3. The van der Waals surface area contributed by atoms with Crippen LogP contribution in [0.15, 0.2) is 291 Å². The van der Waals surface area contributed by atoms with Crippen LogP contribution in [0.1, 0.15) is 43.1 Å². The van der Waals surface area contributed by atoms with E-state index < -0.39 is 10.8 Å². The molecule has 0 amide bonds. The Balaban J connectivity index is 0.979. The number of nitrogens with zero attached hydrogens (tertiary/aromatic N) is 4. The lowest BCUT2D eigenvalue weighted by Gasteiger charge is -2.53. The maximum absolute atomic E-state index is 2.67. The van der Waals surface area contributed by atoms with E-state index in [1.165, 1.54) is 160 Å². The zero-order valence-corrected chi connectivity index (χ0v) is 51.4. The lowest BCUT2D eigenvalue weighted by molar-refractivity contribution is 0.633. The molecule has 0 fully saturated rings. The maximum Gasteiger partial charge on any atom is 0.101 e. The molecule has 0 radical (unpaired) electrons. The van der Waals surface area contributed by atoms with Crippen LogP contribution in [-0.2, 0) is 10.8 Å². The molecule has 1 aliphatic carbocycles. The molecule has 0 bridgehead atoms. The molecule has 0 N–H and O–H groups in total. The van der Waals surface area contributed by atoms with E-state index >= 15 is 0 Å². The number of hydrogen-bond donors (Lipinski definition) is 0. The van der Waals surface area contributed by atoms with Crippen molar-refractivity contribution in [2.24, 2.45) is 0 Å². The van der Waals surface area contributed by atoms with Crippen LogP contribution in [-0.4, -0.2) is 9.13 Å². The number of aromatic nitrogens is 2. The fourth-order valence-electron chi connectivity index (χ4n) is 16.5. The highest BCUT2D eigenvalue weighted by molar-refractivity contribution is 7.27. The van der Waals surface area contributed by atoms with Crippen molar-refractivity contribution in [3.63, 3.8) is 0 Å². The first kappa shape index (κ1) is 49.6. The molecule has 8 heterocycles. The van der Waals surface area contributed by atoms with Gasteiger partial charge in [0.05, 0.1) is 65.0 Å². The Morgan fingerprint density at radius 3 is 0.967 bits per heavy atom. The van der Waals surface area contributed by atoms with Crippen molar-refractivity contribution in [1.82, 2.24) is 9.13 Å². The minimum absolute atomic E-state index is 0.843. The Hall–Kier alpha value is -10.3. The first-order valence-corrected chi connectivity index (χ1v) is 34.0. The van der Waals surface area contributed by atoms with Gasteiger partial charge in [0, 0.05) is 73.6 Å². The van der Waals surface area contributed by atoms with Gasteiger partial charge < -0.3 is 9.80 Å². The van der Waals surface area contributed by atoms with E-state index in [2.05, 4.69) is 310 Å². The highest BCUT2D eigenvalue weighted by Crippen LogP contribution is 2.71. The van der Waals surface area contributed by atoms with Crippen molar-refractivity contribution in [3.05, 3.63) is 334 Å². The van der Waals surface area contributed by atoms with E-state index in [1.807, 2.05) is 45.3 Å². The summed E-state index contributed by atoms with van der Waals surface area (Å²) in [5.41, 5.74) is 17.8. The van der Waals surface area contributed by atoms with E-state index in [1.54, 1.807) is 0 Å². The second-order valence-electron chi connectivity index (χ2n) is 24.1. The predicted molar refractivity (Wildman–Crippen MR) is 383 cm³/mol. The summed E-state index contributed by atoms with van der Waals surface area (Å²) in [6.45, 7) is 0. The smallest absolute Gasteiger partial charge is 0.101 e. The first-order valence-electron chi connectivity index (χ1n) is 30.7. The van der Waals surface area contributed by atoms with Crippen LogP contribution in [0.4, 0.5) is 34.1 Å². The van der Waals surface area contributed by atoms with Gasteiger partial charge in [0.15, 0.2) is 0 Å². The van der Waals surface area contributed by atoms with Gasteiger partial charge in [-0.1, -0.05) is 206 Å². The number of rotatable bonds is 4. The highest BCUT2D eigenvalue weighted by Gasteiger charge is 2.61. The molecule has 2 spiro atoms. The molecule has 0 unspecified atom stereocenters. The maximum atomic E-state index is 2.67. The summed E-state index contributed by atoms with van der Waals surface area (Å²) in [4.78, 5) is 7.70. The third-order valence-electron chi connectivity index (χ3n) is 20.0. The molecule has 12 aromatic carbocycles. The third-order valence-corrected chi connectivity index (χ3v) is 24.8. The molecular weight excluding hydrogens is 1170 g/mol. The lowest BCUT2D eigenvalue weighted by Crippen LogP contribution is -2.47. The monoisotopic (exact) mass is 1220 g/mol. The van der Waals surface area contributed by atoms with Crippen LogP contribution < -0.4 is 9.80 Å². The molecule has 18 aromatic rings. The van der Waals surface area contributed by atoms with Crippen LogP contribution in [0.3, 0.4) is 0 Å². The Morgan fingerprint density at radius 2 is 0.567 bits per heavy atom. The molecule has 0 saturated heterocycles. The number of para-hydroxylation sites is 8. The molecule has 420 valence electrons. The SMILES string of the molecule is c1ccc(N2c3ccccc3C3(c4ccccc42)c2cc(-n4c5ccccc5c5ccc6c7ccccc7sc6c54)sc2C2(c4ccccc4N(c4ccccc4)c4ccccc42)c2cc(-n4c5ccccc5c5ccc6c7ccccc7sc6c54)sc23)cc1. The molecule has 2 aliphatic heterocycles. The van der Waals surface area contributed by atoms with Crippen molar-refractivity contribution < 1.29 is 0 Å². The number of hydrogen-bond acceptors (Lipinski definition) is 6. The Labute approximate surface area is 533 Å². The number of benzene rings is 12. The van der Waals surface area contributed by atoms with Gasteiger partial charge in [0.2, 0.25) is 0 Å². The van der Waals surface area contributed by atoms with Gasteiger partial charge in [-0.3, -0.25) is 9.13 Å². The largest absolute Gasteiger partial charge is 0.310 e. The van der Waals surface area contributed by atoms with E-state index in [4.69, 9.17) is 0 Å². The lowest BCUT2D eigenvalue weighted by atomic mass is 9.53. The zero-order chi connectivity index (χ0) is 58.6. The summed E-state index contributed by atoms with van der Waals surface area (Å²) < 4.78 is 10.5. The summed E-state index contributed by atoms with van der Waals surface area (Å²) in [6.07, 6.45) is 0. The van der Waals surface area contributed by atoms with E-state index in [9.17, 15) is 0 Å². The molecule has 3 aliphatic rings. The van der Waals surface area contributed by atoms with Crippen LogP contribution in [0.25, 0.3) is 94.0 Å². The quantitative estimate of drug-likeness (QED) is 0.175. The minimum Gasteiger partial charge on any atom is -0.310 e. The Kier molecular flexibility index (Phi) is 10.0. The molecule has 0 atom stereocenters. The molecule has 4 nitrogen and oxygen atoms in total. The summed E-state index contributed by atoms with van der Waals surface area (Å²) in [5.74, 6) is 0. The topological polar surface area (TPSA) is 16.3 Å². The predicted octanol–water partition coefficient (Wildman–Crippen LogP) is 23.4. The minimum atomic E-state index is -0.843. The Bertz CT molecular complexity index is 5580. The summed E-state index contributed by atoms with van der Waals surface area (Å²) in [5, 5.41) is 12.6. The first-order chi connectivity index (χ1) is 44.7. The fourth-order valence-corrected chi connectivity index (χ4v) is 22.0. The van der Waals surface area contributed by atoms with Crippen molar-refractivity contribution in [3.8, 4) is 10.0 Å². The zero-order valence-electron chi connectivity index (χ0n) is 48.1. The van der Waals surface area contributed by atoms with Gasteiger partial charge in [0.1, 0.15) is 10.0 Å². The normalized spacial score (nSPS) is 14.4. The number of anilines is 6. The molecule has 6 aromatic heterocycles. The van der Waals surface area contributed by atoms with Crippen molar-refractivity contribution in [2.45, 2.75) is 10.8 Å². The summed E-state index contributed by atoms with van der Waals surface area (Å²) in [7, 11) is 0. The second kappa shape index (κ2) is 18.2. The van der Waals surface area contributed by atoms with Gasteiger partial charge in [-0.15, -0.1) is 45.3 Å². The molecule has 0 saturated carbocycles. The van der Waals surface area contributed by atoms with Crippen LogP contribution in [0.2, 0.25) is 0 Å². The van der Waals surface area contributed by atoms with Crippen molar-refractivity contribution in [1.29, 1.82) is 0 Å². The number of fused-ring (bicyclic) bond motifs is 28. The molecule has 21 rings (SSSR count). The fraction of sp³-hybridized carbons (Fsp3) is 0.0244. The molecule has 8 heteroatoms. The third kappa shape index (κ3) is 6.19.